The first-order valence-corrected chi connectivity index (χ1v) is 10.3. The van der Waals surface area contributed by atoms with Gasteiger partial charge in [0.05, 0.1) is 5.56 Å². The minimum absolute atomic E-state index is 0.0545. The topological polar surface area (TPSA) is 61.7 Å². The Balaban J connectivity index is 1.60. The van der Waals surface area contributed by atoms with E-state index in [4.69, 9.17) is 0 Å². The standard InChI is InChI=1S/C23H22N2O2S/c26-18-12-10-17(11-13-18)15-25-23-21(19-8-4-5-9-20(19)28-23)22(27)24-14-16-6-2-1-3-7-16/h1-3,6-7,10-13,15,26H,4-5,8-9,14H2,(H,24,27). The summed E-state index contributed by atoms with van der Waals surface area (Å²) >= 11 is 1.63. The molecule has 142 valence electrons. The van der Waals surface area contributed by atoms with Gasteiger partial charge >= 0.3 is 0 Å². The average Bonchev–Trinajstić information content (AvgIpc) is 3.11. The number of thiophene rings is 1. The number of aromatic hydroxyl groups is 1. The Morgan fingerprint density at radius 1 is 1.07 bits per heavy atom. The maximum Gasteiger partial charge on any atom is 0.254 e. The lowest BCUT2D eigenvalue weighted by Crippen LogP contribution is -2.24. The van der Waals surface area contributed by atoms with Gasteiger partial charge in [-0.1, -0.05) is 30.3 Å². The fourth-order valence-corrected chi connectivity index (χ4v) is 4.67. The van der Waals surface area contributed by atoms with E-state index >= 15 is 0 Å². The zero-order chi connectivity index (χ0) is 19.3. The first kappa shape index (κ1) is 18.4. The maximum absolute atomic E-state index is 13.0. The van der Waals surface area contributed by atoms with Crippen molar-refractivity contribution in [3.05, 3.63) is 81.7 Å². The molecule has 1 aromatic heterocycles. The lowest BCUT2D eigenvalue weighted by Gasteiger charge is -2.12. The van der Waals surface area contributed by atoms with Gasteiger partial charge in [-0.15, -0.1) is 11.3 Å². The maximum atomic E-state index is 13.0. The Bertz CT molecular complexity index is 991. The molecule has 28 heavy (non-hydrogen) atoms. The second kappa shape index (κ2) is 8.40. The highest BCUT2D eigenvalue weighted by atomic mass is 32.1. The van der Waals surface area contributed by atoms with Crippen LogP contribution in [0.25, 0.3) is 0 Å². The molecule has 4 rings (SSSR count). The van der Waals surface area contributed by atoms with Gasteiger partial charge in [-0.05, 0) is 66.6 Å². The number of aryl methyl sites for hydroxylation is 1. The molecule has 0 saturated heterocycles. The number of nitrogens with one attached hydrogen (secondary N) is 1. The van der Waals surface area contributed by atoms with Crippen LogP contribution in [-0.2, 0) is 19.4 Å². The number of rotatable bonds is 5. The van der Waals surface area contributed by atoms with Gasteiger partial charge in [-0.3, -0.25) is 4.79 Å². The van der Waals surface area contributed by atoms with E-state index in [1.54, 1.807) is 29.7 Å². The van der Waals surface area contributed by atoms with Gasteiger partial charge in [0.15, 0.2) is 0 Å². The van der Waals surface area contributed by atoms with Crippen molar-refractivity contribution in [1.29, 1.82) is 0 Å². The van der Waals surface area contributed by atoms with E-state index in [1.807, 2.05) is 42.5 Å². The Labute approximate surface area is 168 Å². The van der Waals surface area contributed by atoms with E-state index in [0.717, 1.165) is 41.0 Å². The van der Waals surface area contributed by atoms with Crippen LogP contribution in [0.3, 0.4) is 0 Å². The van der Waals surface area contributed by atoms with Gasteiger partial charge in [-0.2, -0.15) is 0 Å². The second-order valence-electron chi connectivity index (χ2n) is 6.91. The van der Waals surface area contributed by atoms with Crippen LogP contribution in [0.4, 0.5) is 5.00 Å². The molecular formula is C23H22N2O2S. The molecule has 0 spiro atoms. The molecule has 5 heteroatoms. The molecule has 2 aromatic carbocycles. The van der Waals surface area contributed by atoms with Gasteiger partial charge in [0.1, 0.15) is 10.8 Å². The number of phenols is 1. The summed E-state index contributed by atoms with van der Waals surface area (Å²) in [5.74, 6) is 0.172. The number of fused-ring (bicyclic) bond motifs is 1. The van der Waals surface area contributed by atoms with Gasteiger partial charge in [0.25, 0.3) is 5.91 Å². The Hall–Kier alpha value is -2.92. The van der Waals surface area contributed by atoms with Crippen LogP contribution in [0.15, 0.2) is 59.6 Å². The molecule has 0 unspecified atom stereocenters. The predicted octanol–water partition coefficient (Wildman–Crippen LogP) is 5.01. The molecule has 4 nitrogen and oxygen atoms in total. The van der Waals surface area contributed by atoms with Crippen LogP contribution in [0.1, 0.15) is 44.8 Å². The number of benzene rings is 2. The third-order valence-corrected chi connectivity index (χ3v) is 6.10. The lowest BCUT2D eigenvalue weighted by molar-refractivity contribution is 0.0951. The van der Waals surface area contributed by atoms with Gasteiger partial charge < -0.3 is 10.4 Å². The van der Waals surface area contributed by atoms with Crippen LogP contribution >= 0.6 is 11.3 Å². The van der Waals surface area contributed by atoms with Crippen molar-refractivity contribution in [3.8, 4) is 5.75 Å². The van der Waals surface area contributed by atoms with Crippen LogP contribution in [0, 0.1) is 0 Å². The van der Waals surface area contributed by atoms with Gasteiger partial charge in [0.2, 0.25) is 0 Å². The summed E-state index contributed by atoms with van der Waals surface area (Å²) in [5, 5.41) is 13.3. The Morgan fingerprint density at radius 2 is 1.82 bits per heavy atom. The zero-order valence-corrected chi connectivity index (χ0v) is 16.3. The summed E-state index contributed by atoms with van der Waals surface area (Å²) < 4.78 is 0. The molecule has 1 amide bonds. The highest BCUT2D eigenvalue weighted by Gasteiger charge is 2.25. The molecule has 1 aliphatic carbocycles. The van der Waals surface area contributed by atoms with Crippen molar-refractivity contribution < 1.29 is 9.90 Å². The normalized spacial score (nSPS) is 13.4. The summed E-state index contributed by atoms with van der Waals surface area (Å²) in [7, 11) is 0. The highest BCUT2D eigenvalue weighted by molar-refractivity contribution is 7.16. The van der Waals surface area contributed by atoms with Gasteiger partial charge in [-0.25, -0.2) is 4.99 Å². The molecule has 3 aromatic rings. The minimum Gasteiger partial charge on any atom is -0.508 e. The summed E-state index contributed by atoms with van der Waals surface area (Å²) in [6, 6.07) is 16.8. The molecule has 0 radical (unpaired) electrons. The largest absolute Gasteiger partial charge is 0.508 e. The van der Waals surface area contributed by atoms with Crippen molar-refractivity contribution in [2.45, 2.75) is 32.2 Å². The molecule has 0 bridgehead atoms. The van der Waals surface area contributed by atoms with Crippen LogP contribution in [-0.4, -0.2) is 17.2 Å². The summed E-state index contributed by atoms with van der Waals surface area (Å²) in [4.78, 5) is 18.9. The van der Waals surface area contributed by atoms with Crippen molar-refractivity contribution in [3.63, 3.8) is 0 Å². The number of aliphatic imine (C=N–C) groups is 1. The summed E-state index contributed by atoms with van der Waals surface area (Å²) in [6.45, 7) is 0.505. The third kappa shape index (κ3) is 4.15. The van der Waals surface area contributed by atoms with E-state index in [2.05, 4.69) is 10.3 Å². The fourth-order valence-electron chi connectivity index (χ4n) is 3.44. The van der Waals surface area contributed by atoms with E-state index in [0.29, 0.717) is 6.54 Å². The number of hydrogen-bond acceptors (Lipinski definition) is 4. The SMILES string of the molecule is O=C(NCc1ccccc1)c1c(N=Cc2ccc(O)cc2)sc2c1CCCC2. The number of carbonyl (C=O) groups is 1. The molecule has 0 fully saturated rings. The first-order valence-electron chi connectivity index (χ1n) is 9.50. The van der Waals surface area contributed by atoms with Crippen LogP contribution in [0.2, 0.25) is 0 Å². The van der Waals surface area contributed by atoms with Gasteiger partial charge in [0, 0.05) is 17.6 Å². The zero-order valence-electron chi connectivity index (χ0n) is 15.5. The lowest BCUT2D eigenvalue weighted by atomic mass is 9.95. The third-order valence-electron chi connectivity index (χ3n) is 4.90. The number of phenolic OH excluding ortho intramolecular Hbond substituents is 1. The Morgan fingerprint density at radius 3 is 2.61 bits per heavy atom. The highest BCUT2D eigenvalue weighted by Crippen LogP contribution is 2.39. The minimum atomic E-state index is -0.0545. The van der Waals surface area contributed by atoms with E-state index in [1.165, 1.54) is 16.9 Å². The smallest absolute Gasteiger partial charge is 0.254 e. The molecule has 1 heterocycles. The van der Waals surface area contributed by atoms with Crippen LogP contribution < -0.4 is 5.32 Å². The average molecular weight is 391 g/mol. The molecule has 0 aliphatic heterocycles. The molecule has 0 atom stereocenters. The second-order valence-corrected chi connectivity index (χ2v) is 7.99. The van der Waals surface area contributed by atoms with Crippen molar-refractivity contribution in [1.82, 2.24) is 5.32 Å². The van der Waals surface area contributed by atoms with Crippen molar-refractivity contribution in [2.75, 3.05) is 0 Å². The monoisotopic (exact) mass is 390 g/mol. The quantitative estimate of drug-likeness (QED) is 0.601. The molecular weight excluding hydrogens is 368 g/mol. The fraction of sp³-hybridized carbons (Fsp3) is 0.217. The van der Waals surface area contributed by atoms with E-state index in [-0.39, 0.29) is 11.7 Å². The number of carbonyl (C=O) groups excluding carboxylic acids is 1. The summed E-state index contributed by atoms with van der Waals surface area (Å²) in [6.07, 6.45) is 6.00. The number of hydrogen-bond donors (Lipinski definition) is 2. The summed E-state index contributed by atoms with van der Waals surface area (Å²) in [5.41, 5.74) is 3.86. The van der Waals surface area contributed by atoms with E-state index < -0.39 is 0 Å². The molecule has 2 N–H and O–H groups in total. The number of nitrogens with zero attached hydrogens (tertiary/aromatic N) is 1. The van der Waals surface area contributed by atoms with Crippen molar-refractivity contribution in [2.24, 2.45) is 4.99 Å². The van der Waals surface area contributed by atoms with E-state index in [9.17, 15) is 9.90 Å². The Kier molecular flexibility index (Phi) is 5.53. The first-order chi connectivity index (χ1) is 13.7. The number of amides is 1. The predicted molar refractivity (Wildman–Crippen MR) is 114 cm³/mol. The molecule has 0 saturated carbocycles. The molecule has 1 aliphatic rings. The van der Waals surface area contributed by atoms with Crippen LogP contribution in [0.5, 0.6) is 5.75 Å². The van der Waals surface area contributed by atoms with Crippen molar-refractivity contribution >= 4 is 28.5 Å².